The minimum Gasteiger partial charge on any atom is -0.497 e. The molecule has 1 saturated heterocycles. The summed E-state index contributed by atoms with van der Waals surface area (Å²) in [7, 11) is 1.51. The molecule has 6 nitrogen and oxygen atoms in total. The number of piperidine rings is 1. The molecule has 30 heavy (non-hydrogen) atoms. The van der Waals surface area contributed by atoms with Gasteiger partial charge in [-0.2, -0.15) is 5.10 Å². The van der Waals surface area contributed by atoms with E-state index in [0.717, 1.165) is 37.2 Å². The van der Waals surface area contributed by atoms with Crippen molar-refractivity contribution >= 4 is 5.91 Å². The van der Waals surface area contributed by atoms with Crippen molar-refractivity contribution in [2.75, 3.05) is 20.2 Å². The third-order valence-electron chi connectivity index (χ3n) is 5.63. The summed E-state index contributed by atoms with van der Waals surface area (Å²) in [6.07, 6.45) is 3.44. The summed E-state index contributed by atoms with van der Waals surface area (Å²) in [5.74, 6) is -0.200. The molecule has 1 aromatic heterocycles. The highest BCUT2D eigenvalue weighted by Crippen LogP contribution is 2.30. The molecule has 2 N–H and O–H groups in total. The second-order valence-electron chi connectivity index (χ2n) is 7.58. The number of amides is 1. The van der Waals surface area contributed by atoms with Gasteiger partial charge in [0, 0.05) is 35.9 Å². The van der Waals surface area contributed by atoms with Crippen LogP contribution in [-0.4, -0.2) is 40.8 Å². The van der Waals surface area contributed by atoms with Gasteiger partial charge in [-0.3, -0.25) is 9.69 Å². The first kappa shape index (κ1) is 20.1. The number of halogens is 1. The molecule has 7 heteroatoms. The molecule has 0 unspecified atom stereocenters. The molecule has 0 saturated carbocycles. The first-order valence-electron chi connectivity index (χ1n) is 10.0. The monoisotopic (exact) mass is 408 g/mol. The molecule has 1 aliphatic heterocycles. The van der Waals surface area contributed by atoms with E-state index in [9.17, 15) is 9.18 Å². The van der Waals surface area contributed by atoms with E-state index in [4.69, 9.17) is 15.6 Å². The van der Waals surface area contributed by atoms with Crippen LogP contribution in [-0.2, 0) is 11.3 Å². The van der Waals surface area contributed by atoms with Gasteiger partial charge >= 0.3 is 0 Å². The molecule has 2 aromatic carbocycles. The van der Waals surface area contributed by atoms with Crippen molar-refractivity contribution in [1.29, 1.82) is 0 Å². The average Bonchev–Trinajstić information content (AvgIpc) is 3.18. The quantitative estimate of drug-likeness (QED) is 0.679. The van der Waals surface area contributed by atoms with Gasteiger partial charge in [-0.1, -0.05) is 18.2 Å². The van der Waals surface area contributed by atoms with Crippen molar-refractivity contribution in [2.45, 2.75) is 19.4 Å². The topological polar surface area (TPSA) is 73.4 Å². The lowest BCUT2D eigenvalue weighted by atomic mass is 9.96. The number of carbonyl (C=O) groups excluding carboxylic acids is 1. The molecular weight excluding hydrogens is 383 g/mol. The molecule has 0 aliphatic carbocycles. The molecule has 2 heterocycles. The van der Waals surface area contributed by atoms with E-state index in [1.807, 2.05) is 36.5 Å². The maximum Gasteiger partial charge on any atom is 0.220 e. The van der Waals surface area contributed by atoms with Crippen LogP contribution in [0.2, 0.25) is 0 Å². The number of aromatic nitrogens is 2. The van der Waals surface area contributed by atoms with Crippen LogP contribution < -0.4 is 10.5 Å². The lowest BCUT2D eigenvalue weighted by Crippen LogP contribution is -2.38. The van der Waals surface area contributed by atoms with Gasteiger partial charge in [-0.25, -0.2) is 9.07 Å². The van der Waals surface area contributed by atoms with Crippen molar-refractivity contribution in [3.05, 3.63) is 66.1 Å². The van der Waals surface area contributed by atoms with Crippen molar-refractivity contribution in [3.8, 4) is 22.7 Å². The lowest BCUT2D eigenvalue weighted by Gasteiger charge is -2.30. The lowest BCUT2D eigenvalue weighted by molar-refractivity contribution is -0.123. The predicted octanol–water partition coefficient (Wildman–Crippen LogP) is 3.38. The highest BCUT2D eigenvalue weighted by molar-refractivity contribution is 5.76. The average molecular weight is 408 g/mol. The van der Waals surface area contributed by atoms with Crippen LogP contribution in [0.5, 0.6) is 5.75 Å². The fourth-order valence-corrected chi connectivity index (χ4v) is 3.90. The molecular formula is C23H25FN4O2. The Kier molecular flexibility index (Phi) is 5.81. The minimum atomic E-state index is -0.374. The second-order valence-corrected chi connectivity index (χ2v) is 7.58. The number of likely N-dealkylation sites (tertiary alicyclic amines) is 1. The zero-order valence-corrected chi connectivity index (χ0v) is 16.9. The standard InChI is InChI=1S/C23H25FN4O2/c1-30-19-7-8-20(21(24)13-19)22-17(14-27-11-9-16(10-12-27)23(25)29)15-28(26-22)18-5-3-2-4-6-18/h2-8,13,15-16H,9-12,14H2,1H3,(H2,25,29). The molecule has 156 valence electrons. The van der Waals surface area contributed by atoms with Crippen LogP contribution in [0.15, 0.2) is 54.7 Å². The highest BCUT2D eigenvalue weighted by Gasteiger charge is 2.25. The Hall–Kier alpha value is -3.19. The molecule has 4 rings (SSSR count). The fraction of sp³-hybridized carbons (Fsp3) is 0.304. The smallest absolute Gasteiger partial charge is 0.220 e. The summed E-state index contributed by atoms with van der Waals surface area (Å²) >= 11 is 0. The number of rotatable bonds is 6. The Morgan fingerprint density at radius 3 is 2.57 bits per heavy atom. The zero-order chi connectivity index (χ0) is 21.1. The number of hydrogen-bond acceptors (Lipinski definition) is 4. The number of hydrogen-bond donors (Lipinski definition) is 1. The van der Waals surface area contributed by atoms with Crippen LogP contribution in [0.25, 0.3) is 16.9 Å². The Labute approximate surface area is 175 Å². The van der Waals surface area contributed by atoms with Crippen molar-refractivity contribution < 1.29 is 13.9 Å². The van der Waals surface area contributed by atoms with Crippen molar-refractivity contribution in [2.24, 2.45) is 11.7 Å². The number of para-hydroxylation sites is 1. The highest BCUT2D eigenvalue weighted by atomic mass is 19.1. The van der Waals surface area contributed by atoms with Gasteiger partial charge in [0.2, 0.25) is 5.91 Å². The van der Waals surface area contributed by atoms with Crippen molar-refractivity contribution in [1.82, 2.24) is 14.7 Å². The number of nitrogens with zero attached hydrogens (tertiary/aromatic N) is 3. The van der Waals surface area contributed by atoms with E-state index in [0.29, 0.717) is 23.6 Å². The number of primary amides is 1. The fourth-order valence-electron chi connectivity index (χ4n) is 3.90. The van der Waals surface area contributed by atoms with E-state index in [2.05, 4.69) is 4.90 Å². The molecule has 1 amide bonds. The predicted molar refractivity (Wildman–Crippen MR) is 113 cm³/mol. The van der Waals surface area contributed by atoms with Gasteiger partial charge in [0.05, 0.1) is 12.8 Å². The SMILES string of the molecule is COc1ccc(-c2nn(-c3ccccc3)cc2CN2CCC(C(N)=O)CC2)c(F)c1. The molecule has 1 fully saturated rings. The van der Waals surface area contributed by atoms with E-state index in [-0.39, 0.29) is 17.6 Å². The van der Waals surface area contributed by atoms with Gasteiger partial charge in [0.1, 0.15) is 17.3 Å². The number of nitrogens with two attached hydrogens (primary N) is 1. The molecule has 0 atom stereocenters. The third-order valence-corrected chi connectivity index (χ3v) is 5.63. The summed E-state index contributed by atoms with van der Waals surface area (Å²) in [6, 6.07) is 14.6. The van der Waals surface area contributed by atoms with Gasteiger partial charge in [0.25, 0.3) is 0 Å². The summed E-state index contributed by atoms with van der Waals surface area (Å²) in [4.78, 5) is 13.7. The Balaban J connectivity index is 1.66. The van der Waals surface area contributed by atoms with Crippen LogP contribution >= 0.6 is 0 Å². The molecule has 0 bridgehead atoms. The first-order chi connectivity index (χ1) is 14.5. The third kappa shape index (κ3) is 4.21. The van der Waals surface area contributed by atoms with Crippen LogP contribution in [0.4, 0.5) is 4.39 Å². The van der Waals surface area contributed by atoms with E-state index >= 15 is 0 Å². The summed E-state index contributed by atoms with van der Waals surface area (Å²) in [5, 5.41) is 4.71. The Morgan fingerprint density at radius 2 is 1.93 bits per heavy atom. The van der Waals surface area contributed by atoms with Crippen molar-refractivity contribution in [3.63, 3.8) is 0 Å². The maximum absolute atomic E-state index is 14.8. The Morgan fingerprint density at radius 1 is 1.20 bits per heavy atom. The molecule has 3 aromatic rings. The van der Waals surface area contributed by atoms with Gasteiger partial charge < -0.3 is 10.5 Å². The summed E-state index contributed by atoms with van der Waals surface area (Å²) in [6.45, 7) is 2.17. The normalized spacial score (nSPS) is 15.3. The van der Waals surface area contributed by atoms with E-state index in [1.54, 1.807) is 16.8 Å². The first-order valence-corrected chi connectivity index (χ1v) is 10.0. The van der Waals surface area contributed by atoms with Gasteiger partial charge in [-0.05, 0) is 50.2 Å². The summed E-state index contributed by atoms with van der Waals surface area (Å²) in [5.41, 5.74) is 8.34. The minimum absolute atomic E-state index is 0.0632. The Bertz CT molecular complexity index is 1030. The summed E-state index contributed by atoms with van der Waals surface area (Å²) < 4.78 is 21.8. The molecule has 0 spiro atoms. The second kappa shape index (κ2) is 8.67. The molecule has 0 radical (unpaired) electrons. The number of methoxy groups -OCH3 is 1. The van der Waals surface area contributed by atoms with Crippen LogP contribution in [0.1, 0.15) is 18.4 Å². The largest absolute Gasteiger partial charge is 0.497 e. The number of benzene rings is 2. The van der Waals surface area contributed by atoms with E-state index < -0.39 is 0 Å². The zero-order valence-electron chi connectivity index (χ0n) is 16.9. The van der Waals surface area contributed by atoms with Crippen LogP contribution in [0.3, 0.4) is 0 Å². The molecule has 1 aliphatic rings. The van der Waals surface area contributed by atoms with Gasteiger partial charge in [0.15, 0.2) is 0 Å². The van der Waals surface area contributed by atoms with Crippen LogP contribution in [0, 0.1) is 11.7 Å². The maximum atomic E-state index is 14.8. The van der Waals surface area contributed by atoms with Gasteiger partial charge in [-0.15, -0.1) is 0 Å². The number of carbonyl (C=O) groups is 1. The number of ether oxygens (including phenoxy) is 1. The van der Waals surface area contributed by atoms with E-state index in [1.165, 1.54) is 13.2 Å².